The molecule has 1 unspecified atom stereocenters. The van der Waals surface area contributed by atoms with Crippen LogP contribution in [0.25, 0.3) is 10.9 Å². The van der Waals surface area contributed by atoms with Crippen molar-refractivity contribution in [2.75, 3.05) is 7.05 Å². The highest BCUT2D eigenvalue weighted by Gasteiger charge is 2.22. The summed E-state index contributed by atoms with van der Waals surface area (Å²) < 4.78 is 13.4. The molecule has 0 spiro atoms. The number of halogens is 1. The van der Waals surface area contributed by atoms with Gasteiger partial charge >= 0.3 is 0 Å². The summed E-state index contributed by atoms with van der Waals surface area (Å²) in [5, 5.41) is 11.7. The number of rotatable bonds is 4. The van der Waals surface area contributed by atoms with Gasteiger partial charge in [-0.1, -0.05) is 12.1 Å². The Kier molecular flexibility index (Phi) is 4.85. The number of carbonyl (C=O) groups excluding carboxylic acids is 1. The quantitative estimate of drug-likeness (QED) is 0.505. The average Bonchev–Trinajstić information content (AvgIpc) is 2.65. The van der Waals surface area contributed by atoms with E-state index in [0.717, 1.165) is 0 Å². The Morgan fingerprint density at radius 2 is 1.96 bits per heavy atom. The van der Waals surface area contributed by atoms with Crippen molar-refractivity contribution in [2.24, 2.45) is 0 Å². The number of hydrogen-bond donors (Lipinski definition) is 0. The predicted octanol–water partition coefficient (Wildman–Crippen LogP) is 4.42. The number of nitro groups is 1. The van der Waals surface area contributed by atoms with Gasteiger partial charge in [0.25, 0.3) is 11.6 Å². The highest BCUT2D eigenvalue weighted by Crippen LogP contribution is 2.26. The maximum absolute atomic E-state index is 13.4. The molecule has 2 aromatic carbocycles. The number of aryl methyl sites for hydroxylation is 1. The molecule has 0 saturated carbocycles. The Hall–Kier alpha value is -3.35. The summed E-state index contributed by atoms with van der Waals surface area (Å²) in [6.07, 6.45) is 0. The van der Waals surface area contributed by atoms with Gasteiger partial charge < -0.3 is 4.90 Å². The van der Waals surface area contributed by atoms with Crippen LogP contribution in [0.2, 0.25) is 0 Å². The summed E-state index contributed by atoms with van der Waals surface area (Å²) in [7, 11) is 1.64. The number of amides is 1. The van der Waals surface area contributed by atoms with Gasteiger partial charge in [-0.3, -0.25) is 19.9 Å². The van der Waals surface area contributed by atoms with Gasteiger partial charge in [0.2, 0.25) is 0 Å². The van der Waals surface area contributed by atoms with Crippen LogP contribution in [-0.2, 0) is 0 Å². The van der Waals surface area contributed by atoms with Gasteiger partial charge in [-0.2, -0.15) is 0 Å². The maximum Gasteiger partial charge on any atom is 0.269 e. The van der Waals surface area contributed by atoms with Crippen molar-refractivity contribution < 1.29 is 14.1 Å². The van der Waals surface area contributed by atoms with Crippen molar-refractivity contribution >= 4 is 22.5 Å². The lowest BCUT2D eigenvalue weighted by Gasteiger charge is -2.26. The Morgan fingerprint density at radius 1 is 1.22 bits per heavy atom. The molecule has 0 bridgehead atoms. The van der Waals surface area contributed by atoms with Crippen molar-refractivity contribution in [1.82, 2.24) is 9.88 Å². The van der Waals surface area contributed by atoms with E-state index in [1.54, 1.807) is 45.2 Å². The largest absolute Gasteiger partial charge is 0.335 e. The van der Waals surface area contributed by atoms with Gasteiger partial charge in [-0.25, -0.2) is 4.39 Å². The number of carbonyl (C=O) groups is 1. The number of nitrogens with zero attached hydrogens (tertiary/aromatic N) is 3. The number of aromatic nitrogens is 1. The zero-order valence-electron chi connectivity index (χ0n) is 15.1. The molecule has 1 atom stereocenters. The first-order valence-electron chi connectivity index (χ1n) is 8.36. The van der Waals surface area contributed by atoms with Gasteiger partial charge in [-0.15, -0.1) is 0 Å². The second-order valence-corrected chi connectivity index (χ2v) is 6.40. The lowest BCUT2D eigenvalue weighted by atomic mass is 10.0. The molecule has 0 radical (unpaired) electrons. The van der Waals surface area contributed by atoms with E-state index in [4.69, 9.17) is 0 Å². The fraction of sp³-hybridized carbons (Fsp3) is 0.200. The first kappa shape index (κ1) is 18.4. The number of nitro benzene ring substituents is 1. The highest BCUT2D eigenvalue weighted by molar-refractivity contribution is 5.98. The van der Waals surface area contributed by atoms with Gasteiger partial charge in [0, 0.05) is 30.6 Å². The van der Waals surface area contributed by atoms with Crippen LogP contribution in [0.3, 0.4) is 0 Å². The molecule has 7 heteroatoms. The minimum absolute atomic E-state index is 0.0224. The lowest BCUT2D eigenvalue weighted by molar-refractivity contribution is -0.384. The lowest BCUT2D eigenvalue weighted by Crippen LogP contribution is -2.30. The number of pyridine rings is 1. The van der Waals surface area contributed by atoms with Crippen LogP contribution in [0.5, 0.6) is 0 Å². The molecule has 0 fully saturated rings. The van der Waals surface area contributed by atoms with Crippen molar-refractivity contribution in [3.05, 3.63) is 81.3 Å². The van der Waals surface area contributed by atoms with E-state index in [1.807, 2.05) is 0 Å². The Balaban J connectivity index is 1.94. The molecular weight excluding hydrogens is 349 g/mol. The second kappa shape index (κ2) is 7.11. The molecule has 138 valence electrons. The summed E-state index contributed by atoms with van der Waals surface area (Å²) >= 11 is 0. The monoisotopic (exact) mass is 367 g/mol. The highest BCUT2D eigenvalue weighted by atomic mass is 19.1. The number of hydrogen-bond acceptors (Lipinski definition) is 4. The molecule has 0 aliphatic rings. The zero-order valence-corrected chi connectivity index (χ0v) is 15.1. The van der Waals surface area contributed by atoms with Crippen molar-refractivity contribution in [2.45, 2.75) is 19.9 Å². The molecule has 1 amide bonds. The molecule has 3 aromatic rings. The minimum atomic E-state index is -0.464. The summed E-state index contributed by atoms with van der Waals surface area (Å²) in [4.78, 5) is 29.4. The molecule has 27 heavy (non-hydrogen) atoms. The molecule has 1 heterocycles. The standard InChI is InChI=1S/C20H18FN3O3/c1-12-18(10-15-7-8-16(21)11-19(15)22-12)20(25)23(3)13(2)14-5-4-6-17(9-14)24(26)27/h4-11,13H,1-3H3. The fourth-order valence-electron chi connectivity index (χ4n) is 2.94. The van der Waals surface area contributed by atoms with Gasteiger partial charge in [0.1, 0.15) is 5.82 Å². The number of fused-ring (bicyclic) bond motifs is 1. The second-order valence-electron chi connectivity index (χ2n) is 6.40. The SMILES string of the molecule is Cc1nc2cc(F)ccc2cc1C(=O)N(C)C(C)c1cccc([N+](=O)[O-])c1. The van der Waals surface area contributed by atoms with E-state index >= 15 is 0 Å². The average molecular weight is 367 g/mol. The van der Waals surface area contributed by atoms with Crippen molar-refractivity contribution in [1.29, 1.82) is 0 Å². The van der Waals surface area contributed by atoms with Crippen LogP contribution in [0, 0.1) is 22.9 Å². The van der Waals surface area contributed by atoms with Crippen LogP contribution >= 0.6 is 0 Å². The third-order valence-electron chi connectivity index (χ3n) is 4.67. The molecule has 6 nitrogen and oxygen atoms in total. The smallest absolute Gasteiger partial charge is 0.269 e. The fourth-order valence-corrected chi connectivity index (χ4v) is 2.94. The van der Waals surface area contributed by atoms with Gasteiger partial charge in [0.05, 0.1) is 27.7 Å². The zero-order chi connectivity index (χ0) is 19.7. The molecule has 0 saturated heterocycles. The van der Waals surface area contributed by atoms with Crippen molar-refractivity contribution in [3.63, 3.8) is 0 Å². The van der Waals surface area contributed by atoms with Gasteiger partial charge in [-0.05, 0) is 37.6 Å². The van der Waals surface area contributed by atoms with E-state index in [9.17, 15) is 19.3 Å². The van der Waals surface area contributed by atoms with Crippen molar-refractivity contribution in [3.8, 4) is 0 Å². The van der Waals surface area contributed by atoms with E-state index in [0.29, 0.717) is 27.7 Å². The third-order valence-corrected chi connectivity index (χ3v) is 4.67. The molecule has 3 rings (SSSR count). The molecule has 0 aliphatic heterocycles. The van der Waals surface area contributed by atoms with Crippen LogP contribution in [0.15, 0.2) is 48.5 Å². The summed E-state index contributed by atoms with van der Waals surface area (Å²) in [5.41, 5.74) is 2.03. The normalized spacial score (nSPS) is 12.0. The molecule has 1 aromatic heterocycles. The maximum atomic E-state index is 13.4. The summed E-state index contributed by atoms with van der Waals surface area (Å²) in [6.45, 7) is 3.50. The van der Waals surface area contributed by atoms with Crippen LogP contribution in [0.1, 0.15) is 34.6 Å². The van der Waals surface area contributed by atoms with E-state index in [1.165, 1.54) is 29.2 Å². The Labute approximate surface area is 155 Å². The minimum Gasteiger partial charge on any atom is -0.335 e. The molecule has 0 N–H and O–H groups in total. The Morgan fingerprint density at radius 3 is 2.67 bits per heavy atom. The summed E-state index contributed by atoms with van der Waals surface area (Å²) in [6, 6.07) is 11.8. The topological polar surface area (TPSA) is 76.3 Å². The van der Waals surface area contributed by atoms with E-state index in [2.05, 4.69) is 4.98 Å². The predicted molar refractivity (Wildman–Crippen MR) is 100 cm³/mol. The molecule has 0 aliphatic carbocycles. The van der Waals surface area contributed by atoms with Gasteiger partial charge in [0.15, 0.2) is 0 Å². The Bertz CT molecular complexity index is 1050. The number of non-ortho nitro benzene ring substituents is 1. The number of benzene rings is 2. The van der Waals surface area contributed by atoms with E-state index < -0.39 is 4.92 Å². The summed E-state index contributed by atoms with van der Waals surface area (Å²) in [5.74, 6) is -0.643. The van der Waals surface area contributed by atoms with Crippen LogP contribution < -0.4 is 0 Å². The first-order valence-corrected chi connectivity index (χ1v) is 8.36. The molecular formula is C20H18FN3O3. The first-order chi connectivity index (χ1) is 12.8. The third kappa shape index (κ3) is 3.62. The van der Waals surface area contributed by atoms with E-state index in [-0.39, 0.29) is 23.5 Å². The van der Waals surface area contributed by atoms with Crippen LogP contribution in [0.4, 0.5) is 10.1 Å². The van der Waals surface area contributed by atoms with Crippen LogP contribution in [-0.4, -0.2) is 27.8 Å².